The normalized spacial score (nSPS) is 10.8. The minimum absolute atomic E-state index is 0.218. The van der Waals surface area contributed by atoms with Crippen molar-refractivity contribution in [2.45, 2.75) is 19.8 Å². The van der Waals surface area contributed by atoms with E-state index >= 15 is 0 Å². The summed E-state index contributed by atoms with van der Waals surface area (Å²) < 4.78 is 11.5. The van der Waals surface area contributed by atoms with Crippen molar-refractivity contribution in [2.24, 2.45) is 0 Å². The molecular weight excluding hydrogens is 356 g/mol. The van der Waals surface area contributed by atoms with Gasteiger partial charge in [0.15, 0.2) is 17.3 Å². The molecule has 0 amide bonds. The zero-order chi connectivity index (χ0) is 15.6. The quantitative estimate of drug-likeness (QED) is 0.731. The topological polar surface area (TPSA) is 44.2 Å². The molecule has 2 rings (SSSR count). The highest BCUT2D eigenvalue weighted by Gasteiger charge is 2.18. The molecule has 1 aromatic carbocycles. The van der Waals surface area contributed by atoms with E-state index in [0.717, 1.165) is 15.7 Å². The predicted molar refractivity (Wildman–Crippen MR) is 87.4 cm³/mol. The van der Waals surface area contributed by atoms with Crippen molar-refractivity contribution in [3.63, 3.8) is 0 Å². The maximum absolute atomic E-state index is 6.21. The summed E-state index contributed by atoms with van der Waals surface area (Å²) in [5, 5.41) is 0.383. The Morgan fingerprint density at radius 2 is 1.86 bits per heavy atom. The molecular formula is C15H16BrClN2O2. The number of aromatic nitrogens is 2. The summed E-state index contributed by atoms with van der Waals surface area (Å²) in [6.45, 7) is 4.10. The molecule has 0 saturated carbocycles. The van der Waals surface area contributed by atoms with E-state index in [2.05, 4.69) is 39.7 Å². The molecule has 0 saturated heterocycles. The molecule has 1 heterocycles. The van der Waals surface area contributed by atoms with Crippen LogP contribution in [0.4, 0.5) is 0 Å². The van der Waals surface area contributed by atoms with Gasteiger partial charge in [-0.05, 0) is 34.0 Å². The molecule has 112 valence electrons. The van der Waals surface area contributed by atoms with Crippen LogP contribution < -0.4 is 9.47 Å². The number of ether oxygens (including phenoxy) is 2. The lowest BCUT2D eigenvalue weighted by Crippen LogP contribution is -2.02. The van der Waals surface area contributed by atoms with Gasteiger partial charge in [-0.2, -0.15) is 0 Å². The zero-order valence-corrected chi connectivity index (χ0v) is 14.6. The van der Waals surface area contributed by atoms with E-state index in [1.54, 1.807) is 14.2 Å². The minimum Gasteiger partial charge on any atom is -0.493 e. The van der Waals surface area contributed by atoms with Gasteiger partial charge in [0.1, 0.15) is 5.15 Å². The average Bonchev–Trinajstić information content (AvgIpc) is 2.48. The Hall–Kier alpha value is -1.33. The minimum atomic E-state index is 0.218. The van der Waals surface area contributed by atoms with E-state index in [4.69, 9.17) is 21.1 Å². The van der Waals surface area contributed by atoms with Gasteiger partial charge in [0.2, 0.25) is 0 Å². The number of rotatable bonds is 4. The molecule has 0 bridgehead atoms. The summed E-state index contributed by atoms with van der Waals surface area (Å²) in [4.78, 5) is 8.95. The second-order valence-electron chi connectivity index (χ2n) is 4.73. The van der Waals surface area contributed by atoms with Crippen LogP contribution in [-0.4, -0.2) is 24.2 Å². The van der Waals surface area contributed by atoms with Crippen molar-refractivity contribution in [3.8, 4) is 22.9 Å². The van der Waals surface area contributed by atoms with Crippen LogP contribution in [0.3, 0.4) is 0 Å². The fourth-order valence-electron chi connectivity index (χ4n) is 2.00. The molecule has 0 radical (unpaired) electrons. The van der Waals surface area contributed by atoms with Crippen molar-refractivity contribution in [2.75, 3.05) is 14.2 Å². The molecule has 0 unspecified atom stereocenters. The third-order valence-corrected chi connectivity index (χ3v) is 4.31. The number of hydrogen-bond acceptors (Lipinski definition) is 4. The Labute approximate surface area is 137 Å². The first-order chi connectivity index (χ1) is 9.99. The smallest absolute Gasteiger partial charge is 0.171 e. The van der Waals surface area contributed by atoms with Crippen molar-refractivity contribution in [3.05, 3.63) is 33.5 Å². The number of halogens is 2. The maximum atomic E-state index is 6.21. The lowest BCUT2D eigenvalue weighted by atomic mass is 10.1. The Morgan fingerprint density at radius 3 is 2.43 bits per heavy atom. The van der Waals surface area contributed by atoms with Crippen molar-refractivity contribution < 1.29 is 9.47 Å². The molecule has 0 N–H and O–H groups in total. The number of nitrogens with zero attached hydrogens (tertiary/aromatic N) is 2. The van der Waals surface area contributed by atoms with E-state index in [-0.39, 0.29) is 5.92 Å². The highest BCUT2D eigenvalue weighted by atomic mass is 79.9. The third kappa shape index (κ3) is 3.14. The lowest BCUT2D eigenvalue weighted by molar-refractivity contribution is 0.356. The van der Waals surface area contributed by atoms with E-state index in [1.807, 2.05) is 18.2 Å². The fourth-order valence-corrected chi connectivity index (χ4v) is 2.81. The number of benzene rings is 1. The summed E-state index contributed by atoms with van der Waals surface area (Å²) in [5.41, 5.74) is 1.60. The molecule has 4 nitrogen and oxygen atoms in total. The molecule has 21 heavy (non-hydrogen) atoms. The van der Waals surface area contributed by atoms with Crippen LogP contribution in [0.1, 0.15) is 25.5 Å². The van der Waals surface area contributed by atoms with Crippen LogP contribution in [0.5, 0.6) is 11.5 Å². The van der Waals surface area contributed by atoms with Gasteiger partial charge in [-0.25, -0.2) is 9.97 Å². The first-order valence-corrected chi connectivity index (χ1v) is 7.61. The van der Waals surface area contributed by atoms with Crippen LogP contribution in [0, 0.1) is 0 Å². The zero-order valence-electron chi connectivity index (χ0n) is 12.3. The van der Waals surface area contributed by atoms with Crippen LogP contribution in [0.25, 0.3) is 11.4 Å². The maximum Gasteiger partial charge on any atom is 0.171 e. The summed E-state index contributed by atoms with van der Waals surface area (Å²) in [6, 6.07) is 5.57. The van der Waals surface area contributed by atoms with Crippen LogP contribution in [0.15, 0.2) is 22.7 Å². The Morgan fingerprint density at radius 1 is 1.14 bits per heavy atom. The van der Waals surface area contributed by atoms with Crippen LogP contribution in [0.2, 0.25) is 5.15 Å². The fraction of sp³-hybridized carbons (Fsp3) is 0.333. The van der Waals surface area contributed by atoms with Gasteiger partial charge in [-0.15, -0.1) is 0 Å². The second-order valence-corrected chi connectivity index (χ2v) is 5.88. The molecule has 0 aliphatic carbocycles. The van der Waals surface area contributed by atoms with E-state index < -0.39 is 0 Å². The largest absolute Gasteiger partial charge is 0.493 e. The predicted octanol–water partition coefficient (Wildman–Crippen LogP) is 4.70. The Balaban J connectivity index is 2.68. The number of para-hydroxylation sites is 1. The van der Waals surface area contributed by atoms with Gasteiger partial charge in [-0.1, -0.05) is 31.5 Å². The molecule has 0 fully saturated rings. The lowest BCUT2D eigenvalue weighted by Gasteiger charge is -2.14. The number of methoxy groups -OCH3 is 2. The second kappa shape index (κ2) is 6.62. The van der Waals surface area contributed by atoms with Crippen molar-refractivity contribution in [1.82, 2.24) is 9.97 Å². The van der Waals surface area contributed by atoms with Gasteiger partial charge in [0.25, 0.3) is 0 Å². The van der Waals surface area contributed by atoms with E-state index in [9.17, 15) is 0 Å². The average molecular weight is 372 g/mol. The molecule has 1 aromatic heterocycles. The summed E-state index contributed by atoms with van der Waals surface area (Å²) in [7, 11) is 3.18. The van der Waals surface area contributed by atoms with Crippen molar-refractivity contribution in [1.29, 1.82) is 0 Å². The highest BCUT2D eigenvalue weighted by Crippen LogP contribution is 2.38. The molecule has 2 aromatic rings. The SMILES string of the molecule is COc1cccc(-c2nc(Cl)c(Br)c(C(C)C)n2)c1OC. The molecule has 6 heteroatoms. The first kappa shape index (κ1) is 16.0. The van der Waals surface area contributed by atoms with E-state index in [0.29, 0.717) is 22.5 Å². The van der Waals surface area contributed by atoms with E-state index in [1.165, 1.54) is 0 Å². The molecule has 0 atom stereocenters. The van der Waals surface area contributed by atoms with Crippen LogP contribution >= 0.6 is 27.5 Å². The van der Waals surface area contributed by atoms with Crippen molar-refractivity contribution >= 4 is 27.5 Å². The highest BCUT2D eigenvalue weighted by molar-refractivity contribution is 9.10. The molecule has 0 aliphatic heterocycles. The van der Waals surface area contributed by atoms with Gasteiger partial charge < -0.3 is 9.47 Å². The van der Waals surface area contributed by atoms with Gasteiger partial charge in [0.05, 0.1) is 29.9 Å². The molecule has 0 spiro atoms. The Kier molecular flexibility index (Phi) is 5.06. The molecule has 0 aliphatic rings. The first-order valence-electron chi connectivity index (χ1n) is 6.43. The Bertz CT molecular complexity index is 662. The van der Waals surface area contributed by atoms with Crippen LogP contribution in [-0.2, 0) is 0 Å². The monoisotopic (exact) mass is 370 g/mol. The third-order valence-electron chi connectivity index (χ3n) is 3.03. The summed E-state index contributed by atoms with van der Waals surface area (Å²) in [5.74, 6) is 1.95. The van der Waals surface area contributed by atoms with Gasteiger partial charge >= 0.3 is 0 Å². The van der Waals surface area contributed by atoms with Gasteiger partial charge in [0, 0.05) is 0 Å². The number of hydrogen-bond donors (Lipinski definition) is 0. The van der Waals surface area contributed by atoms with Gasteiger partial charge in [-0.3, -0.25) is 0 Å². The standard InChI is InChI=1S/C15H16BrClN2O2/c1-8(2)12-11(16)14(17)19-15(18-12)9-6-5-7-10(20-3)13(9)21-4/h5-8H,1-4H3. The summed E-state index contributed by atoms with van der Waals surface area (Å²) in [6.07, 6.45) is 0. The summed E-state index contributed by atoms with van der Waals surface area (Å²) >= 11 is 9.65.